The van der Waals surface area contributed by atoms with Crippen molar-refractivity contribution in [1.82, 2.24) is 9.64 Å². The van der Waals surface area contributed by atoms with Gasteiger partial charge in [-0.1, -0.05) is 12.1 Å². The molecule has 2 heterocycles. The van der Waals surface area contributed by atoms with Crippen molar-refractivity contribution in [1.29, 1.82) is 0 Å². The number of amides is 1. The SMILES string of the molecule is COC(=O)N1CCc2on(Cc3cccc(I)c3)c(=O)c2CC1. The number of halogens is 1. The van der Waals surface area contributed by atoms with Gasteiger partial charge in [0.1, 0.15) is 5.76 Å². The Bertz CT molecular complexity index is 781. The molecule has 0 bridgehead atoms. The number of rotatable bonds is 2. The summed E-state index contributed by atoms with van der Waals surface area (Å²) in [6, 6.07) is 7.97. The zero-order chi connectivity index (χ0) is 16.4. The van der Waals surface area contributed by atoms with Gasteiger partial charge in [0.05, 0.1) is 19.2 Å². The molecule has 1 aliphatic heterocycles. The highest BCUT2D eigenvalue weighted by atomic mass is 127. The Morgan fingerprint density at radius 3 is 2.87 bits per heavy atom. The molecule has 1 aromatic heterocycles. The minimum absolute atomic E-state index is 0.106. The topological polar surface area (TPSA) is 64.7 Å². The van der Waals surface area contributed by atoms with Crippen LogP contribution in [0.5, 0.6) is 0 Å². The summed E-state index contributed by atoms with van der Waals surface area (Å²) < 4.78 is 13.0. The first kappa shape index (κ1) is 16.1. The summed E-state index contributed by atoms with van der Waals surface area (Å²) in [6.45, 7) is 1.39. The quantitative estimate of drug-likeness (QED) is 0.689. The Morgan fingerprint density at radius 1 is 1.35 bits per heavy atom. The third-order valence-corrected chi connectivity index (χ3v) is 4.60. The van der Waals surface area contributed by atoms with Gasteiger partial charge in [-0.3, -0.25) is 4.79 Å². The Kier molecular flexibility index (Phi) is 4.74. The molecule has 0 N–H and O–H groups in total. The molecule has 0 saturated carbocycles. The molecule has 2 aromatic rings. The Balaban J connectivity index is 1.81. The van der Waals surface area contributed by atoms with Crippen molar-refractivity contribution in [3.8, 4) is 0 Å². The Hall–Kier alpha value is -1.77. The summed E-state index contributed by atoms with van der Waals surface area (Å²) in [5.41, 5.74) is 1.59. The number of carbonyl (C=O) groups excluding carboxylic acids is 1. The van der Waals surface area contributed by atoms with E-state index in [0.717, 1.165) is 9.13 Å². The Morgan fingerprint density at radius 2 is 2.13 bits per heavy atom. The van der Waals surface area contributed by atoms with Gasteiger partial charge in [0.25, 0.3) is 5.56 Å². The fraction of sp³-hybridized carbons (Fsp3) is 0.375. The van der Waals surface area contributed by atoms with Gasteiger partial charge >= 0.3 is 6.09 Å². The summed E-state index contributed by atoms with van der Waals surface area (Å²) in [5, 5.41) is 0. The maximum Gasteiger partial charge on any atom is 0.409 e. The summed E-state index contributed by atoms with van der Waals surface area (Å²) in [7, 11) is 1.36. The monoisotopic (exact) mass is 428 g/mol. The van der Waals surface area contributed by atoms with E-state index in [2.05, 4.69) is 22.6 Å². The first-order valence-corrected chi connectivity index (χ1v) is 8.45. The molecule has 122 valence electrons. The zero-order valence-electron chi connectivity index (χ0n) is 12.8. The van der Waals surface area contributed by atoms with Crippen LogP contribution in [0.25, 0.3) is 0 Å². The average Bonchev–Trinajstić information content (AvgIpc) is 2.72. The van der Waals surface area contributed by atoms with E-state index in [1.807, 2.05) is 24.3 Å². The van der Waals surface area contributed by atoms with Crippen LogP contribution in [0.4, 0.5) is 4.79 Å². The van der Waals surface area contributed by atoms with Crippen molar-refractivity contribution >= 4 is 28.7 Å². The number of fused-ring (bicyclic) bond motifs is 1. The number of hydrogen-bond acceptors (Lipinski definition) is 4. The zero-order valence-corrected chi connectivity index (χ0v) is 14.9. The maximum absolute atomic E-state index is 12.5. The molecular weight excluding hydrogens is 411 g/mol. The summed E-state index contributed by atoms with van der Waals surface area (Å²) in [6.07, 6.45) is 0.653. The number of benzene rings is 1. The van der Waals surface area contributed by atoms with Crippen LogP contribution in [-0.2, 0) is 24.1 Å². The van der Waals surface area contributed by atoms with Gasteiger partial charge in [0, 0.05) is 23.1 Å². The van der Waals surface area contributed by atoms with Crippen LogP contribution in [0.2, 0.25) is 0 Å². The second-order valence-corrected chi connectivity index (χ2v) is 6.67. The van der Waals surface area contributed by atoms with Gasteiger partial charge in [0.15, 0.2) is 0 Å². The summed E-state index contributed by atoms with van der Waals surface area (Å²) in [5.74, 6) is 0.673. The largest absolute Gasteiger partial charge is 0.453 e. The smallest absolute Gasteiger partial charge is 0.409 e. The molecule has 3 rings (SSSR count). The van der Waals surface area contributed by atoms with E-state index in [1.165, 1.54) is 11.8 Å². The molecule has 1 aliphatic rings. The van der Waals surface area contributed by atoms with Crippen molar-refractivity contribution in [2.24, 2.45) is 0 Å². The van der Waals surface area contributed by atoms with E-state index in [-0.39, 0.29) is 11.7 Å². The second kappa shape index (κ2) is 6.77. The predicted octanol–water partition coefficient (Wildman–Crippen LogP) is 2.26. The lowest BCUT2D eigenvalue weighted by Crippen LogP contribution is -2.33. The number of hydrogen-bond donors (Lipinski definition) is 0. The minimum atomic E-state index is -0.366. The van der Waals surface area contributed by atoms with Gasteiger partial charge in [-0.2, -0.15) is 4.74 Å². The molecular formula is C16H17IN2O4. The lowest BCUT2D eigenvalue weighted by molar-refractivity contribution is 0.124. The van der Waals surface area contributed by atoms with Crippen LogP contribution in [0.15, 0.2) is 33.6 Å². The van der Waals surface area contributed by atoms with Crippen LogP contribution in [0, 0.1) is 3.57 Å². The number of aromatic nitrogens is 1. The van der Waals surface area contributed by atoms with Crippen LogP contribution in [-0.4, -0.2) is 35.9 Å². The van der Waals surface area contributed by atoms with Crippen LogP contribution >= 0.6 is 22.6 Å². The molecule has 7 heteroatoms. The van der Waals surface area contributed by atoms with Crippen molar-refractivity contribution < 1.29 is 14.1 Å². The lowest BCUT2D eigenvalue weighted by Gasteiger charge is -2.17. The Labute approximate surface area is 147 Å². The van der Waals surface area contributed by atoms with E-state index >= 15 is 0 Å². The van der Waals surface area contributed by atoms with Gasteiger partial charge in [0.2, 0.25) is 0 Å². The number of ether oxygens (including phenoxy) is 1. The molecule has 0 fully saturated rings. The third-order valence-electron chi connectivity index (χ3n) is 3.93. The van der Waals surface area contributed by atoms with Crippen molar-refractivity contribution in [2.45, 2.75) is 19.4 Å². The molecule has 0 spiro atoms. The molecule has 0 unspecified atom stereocenters. The fourth-order valence-corrected chi connectivity index (χ4v) is 3.36. The van der Waals surface area contributed by atoms with Gasteiger partial charge in [-0.15, -0.1) is 0 Å². The van der Waals surface area contributed by atoms with E-state index in [4.69, 9.17) is 9.26 Å². The second-order valence-electron chi connectivity index (χ2n) is 5.42. The van der Waals surface area contributed by atoms with E-state index in [9.17, 15) is 9.59 Å². The first-order valence-electron chi connectivity index (χ1n) is 7.37. The van der Waals surface area contributed by atoms with Crippen molar-refractivity contribution in [2.75, 3.05) is 20.2 Å². The number of nitrogens with zero attached hydrogens (tertiary/aromatic N) is 2. The number of carbonyl (C=O) groups is 1. The van der Waals surface area contributed by atoms with Crippen molar-refractivity contribution in [3.05, 3.63) is 55.1 Å². The molecule has 0 aliphatic carbocycles. The number of methoxy groups -OCH3 is 1. The standard InChI is InChI=1S/C16H17IN2O4/c1-22-16(21)18-7-5-13-14(6-8-18)23-19(15(13)20)10-11-3-2-4-12(17)9-11/h2-4,9H,5-8,10H2,1H3. The lowest BCUT2D eigenvalue weighted by atomic mass is 10.2. The van der Waals surface area contributed by atoms with Gasteiger partial charge in [-0.05, 0) is 46.7 Å². The normalized spacial score (nSPS) is 14.3. The molecule has 6 nitrogen and oxygen atoms in total. The minimum Gasteiger partial charge on any atom is -0.453 e. The predicted molar refractivity (Wildman–Crippen MR) is 92.6 cm³/mol. The van der Waals surface area contributed by atoms with E-state index < -0.39 is 0 Å². The molecule has 1 aromatic carbocycles. The van der Waals surface area contributed by atoms with E-state index in [0.29, 0.717) is 43.8 Å². The third kappa shape index (κ3) is 3.44. The highest BCUT2D eigenvalue weighted by Crippen LogP contribution is 2.15. The molecule has 0 saturated heterocycles. The molecule has 0 atom stereocenters. The summed E-state index contributed by atoms with van der Waals surface area (Å²) >= 11 is 2.24. The van der Waals surface area contributed by atoms with Crippen LogP contribution in [0.3, 0.4) is 0 Å². The molecule has 0 radical (unpaired) electrons. The van der Waals surface area contributed by atoms with Crippen LogP contribution < -0.4 is 5.56 Å². The highest BCUT2D eigenvalue weighted by Gasteiger charge is 2.25. The maximum atomic E-state index is 12.5. The van der Waals surface area contributed by atoms with E-state index in [1.54, 1.807) is 4.90 Å². The fourth-order valence-electron chi connectivity index (χ4n) is 2.75. The molecule has 1 amide bonds. The van der Waals surface area contributed by atoms with Crippen molar-refractivity contribution in [3.63, 3.8) is 0 Å². The van der Waals surface area contributed by atoms with Gasteiger partial charge in [-0.25, -0.2) is 4.79 Å². The highest BCUT2D eigenvalue weighted by molar-refractivity contribution is 14.1. The summed E-state index contributed by atoms with van der Waals surface area (Å²) in [4.78, 5) is 25.7. The van der Waals surface area contributed by atoms with Gasteiger partial charge < -0.3 is 14.2 Å². The molecule has 23 heavy (non-hydrogen) atoms. The average molecular weight is 428 g/mol. The first-order chi connectivity index (χ1) is 11.1. The van der Waals surface area contributed by atoms with Crippen LogP contribution in [0.1, 0.15) is 16.9 Å².